The Kier molecular flexibility index (Phi) is 8.31. The molecule has 1 aromatic carbocycles. The molecule has 0 saturated carbocycles. The molecule has 1 atom stereocenters. The summed E-state index contributed by atoms with van der Waals surface area (Å²) in [5.41, 5.74) is 0.932. The van der Waals surface area contributed by atoms with Gasteiger partial charge in [-0.05, 0) is 32.8 Å². The van der Waals surface area contributed by atoms with E-state index in [1.807, 2.05) is 4.57 Å². The Morgan fingerprint density at radius 3 is 2.62 bits per heavy atom. The molecule has 0 radical (unpaired) electrons. The first-order chi connectivity index (χ1) is 16.0. The van der Waals surface area contributed by atoms with E-state index in [0.717, 1.165) is 6.42 Å². The van der Waals surface area contributed by atoms with Crippen molar-refractivity contribution in [3.05, 3.63) is 45.2 Å². The molecule has 3 rings (SSSR count). The van der Waals surface area contributed by atoms with Gasteiger partial charge in [0, 0.05) is 49.6 Å². The van der Waals surface area contributed by atoms with Gasteiger partial charge in [0.05, 0.1) is 29.8 Å². The molecule has 34 heavy (non-hydrogen) atoms. The van der Waals surface area contributed by atoms with Crippen molar-refractivity contribution in [1.82, 2.24) is 4.57 Å². The van der Waals surface area contributed by atoms with Gasteiger partial charge in [-0.2, -0.15) is 0 Å². The third-order valence-electron chi connectivity index (χ3n) is 5.51. The van der Waals surface area contributed by atoms with E-state index < -0.39 is 11.6 Å². The van der Waals surface area contributed by atoms with Crippen LogP contribution in [0.15, 0.2) is 29.2 Å². The van der Waals surface area contributed by atoms with Gasteiger partial charge in [-0.3, -0.25) is 9.59 Å². The number of rotatable bonds is 8. The van der Waals surface area contributed by atoms with E-state index in [2.05, 4.69) is 13.8 Å². The number of hydrogen-bond acceptors (Lipinski definition) is 6. The summed E-state index contributed by atoms with van der Waals surface area (Å²) in [6.07, 6.45) is 2.40. The minimum absolute atomic E-state index is 0.0507. The molecule has 8 heteroatoms. The summed E-state index contributed by atoms with van der Waals surface area (Å²) in [7, 11) is 1.65. The van der Waals surface area contributed by atoms with Gasteiger partial charge < -0.3 is 23.5 Å². The van der Waals surface area contributed by atoms with Crippen molar-refractivity contribution in [3.8, 4) is 22.8 Å². The normalized spacial score (nSPS) is 15.2. The number of benzene rings is 1. The standard InChI is InChI=1S/C26H34ClNO6/c1-16(2)21-15-33-23-13-24(32-9-7-8-31-6)19(27)11-18(23)20-12-22(29)17(14-28(20)21)10-25(30)34-26(3,4)5/h11-14,16,21H,7-10,15H2,1-6H3/t21-/m0/s1. The SMILES string of the molecule is COCCCOc1cc2c(cc1Cl)-c1cc(=O)c(CC(=O)OC(C)(C)C)cn1[C@H](C(C)C)CO2. The number of hydrogen-bond donors (Lipinski definition) is 0. The van der Waals surface area contributed by atoms with Crippen LogP contribution >= 0.6 is 11.6 Å². The van der Waals surface area contributed by atoms with Crippen LogP contribution in [0.4, 0.5) is 0 Å². The van der Waals surface area contributed by atoms with Crippen LogP contribution in [0.5, 0.6) is 11.5 Å². The number of nitrogens with zero attached hydrogens (tertiary/aromatic N) is 1. The lowest BCUT2D eigenvalue weighted by Crippen LogP contribution is -2.28. The van der Waals surface area contributed by atoms with Crippen LogP contribution < -0.4 is 14.9 Å². The van der Waals surface area contributed by atoms with E-state index in [4.69, 9.17) is 30.5 Å². The molecule has 0 fully saturated rings. The maximum absolute atomic E-state index is 13.0. The monoisotopic (exact) mass is 491 g/mol. The number of halogens is 1. The predicted octanol–water partition coefficient (Wildman–Crippen LogP) is 5.06. The molecule has 186 valence electrons. The number of pyridine rings is 1. The van der Waals surface area contributed by atoms with Crippen molar-refractivity contribution >= 4 is 17.6 Å². The number of carbonyl (C=O) groups excluding carboxylic acids is 1. The van der Waals surface area contributed by atoms with Crippen molar-refractivity contribution < 1.29 is 23.7 Å². The van der Waals surface area contributed by atoms with Crippen LogP contribution in [0.25, 0.3) is 11.3 Å². The highest BCUT2D eigenvalue weighted by Gasteiger charge is 2.28. The molecule has 0 bridgehead atoms. The molecular weight excluding hydrogens is 458 g/mol. The molecule has 0 saturated heterocycles. The van der Waals surface area contributed by atoms with Crippen LogP contribution in [0.2, 0.25) is 5.02 Å². The van der Waals surface area contributed by atoms with Crippen molar-refractivity contribution in [2.45, 2.75) is 59.1 Å². The Labute approximate surface area is 205 Å². The number of methoxy groups -OCH3 is 1. The molecule has 1 aromatic heterocycles. The highest BCUT2D eigenvalue weighted by Crippen LogP contribution is 2.42. The van der Waals surface area contributed by atoms with E-state index in [-0.39, 0.29) is 23.8 Å². The summed E-state index contributed by atoms with van der Waals surface area (Å²) in [5, 5.41) is 0.430. The van der Waals surface area contributed by atoms with Gasteiger partial charge in [0.15, 0.2) is 5.43 Å². The van der Waals surface area contributed by atoms with Crippen LogP contribution in [0, 0.1) is 5.92 Å². The number of carbonyl (C=O) groups is 1. The zero-order chi connectivity index (χ0) is 25.0. The summed E-state index contributed by atoms with van der Waals surface area (Å²) < 4.78 is 24.5. The third-order valence-corrected chi connectivity index (χ3v) is 5.80. The highest BCUT2D eigenvalue weighted by atomic mass is 35.5. The van der Waals surface area contributed by atoms with Gasteiger partial charge in [-0.1, -0.05) is 25.4 Å². The second-order valence-corrected chi connectivity index (χ2v) is 10.2. The molecule has 0 amide bonds. The van der Waals surface area contributed by atoms with E-state index in [1.54, 1.807) is 52.3 Å². The molecule has 2 aromatic rings. The molecule has 7 nitrogen and oxygen atoms in total. The first kappa shape index (κ1) is 26.1. The first-order valence-electron chi connectivity index (χ1n) is 11.6. The van der Waals surface area contributed by atoms with Crippen LogP contribution in [-0.2, 0) is 20.7 Å². The highest BCUT2D eigenvalue weighted by molar-refractivity contribution is 6.32. The molecule has 1 aliphatic rings. The lowest BCUT2D eigenvalue weighted by molar-refractivity contribution is -0.153. The minimum Gasteiger partial charge on any atom is -0.492 e. The number of aromatic nitrogens is 1. The van der Waals surface area contributed by atoms with Crippen molar-refractivity contribution in [3.63, 3.8) is 0 Å². The number of ether oxygens (including phenoxy) is 4. The van der Waals surface area contributed by atoms with Gasteiger partial charge in [0.2, 0.25) is 0 Å². The number of fused-ring (bicyclic) bond motifs is 3. The third kappa shape index (κ3) is 6.33. The van der Waals surface area contributed by atoms with Crippen LogP contribution in [-0.4, -0.2) is 43.1 Å². The summed E-state index contributed by atoms with van der Waals surface area (Å²) in [6, 6.07) is 5.05. The Balaban J connectivity index is 2.01. The second kappa shape index (κ2) is 10.8. The lowest BCUT2D eigenvalue weighted by Gasteiger charge is -2.25. The topological polar surface area (TPSA) is 76.0 Å². The Morgan fingerprint density at radius 1 is 1.24 bits per heavy atom. The van der Waals surface area contributed by atoms with Crippen molar-refractivity contribution in [1.29, 1.82) is 0 Å². The average molecular weight is 492 g/mol. The average Bonchev–Trinajstić information content (AvgIpc) is 2.87. The Bertz CT molecular complexity index is 1090. The van der Waals surface area contributed by atoms with Crippen molar-refractivity contribution in [2.75, 3.05) is 26.9 Å². The Hall–Kier alpha value is -2.51. The van der Waals surface area contributed by atoms with E-state index >= 15 is 0 Å². The quantitative estimate of drug-likeness (QED) is 0.379. The summed E-state index contributed by atoms with van der Waals surface area (Å²) >= 11 is 6.53. The fourth-order valence-electron chi connectivity index (χ4n) is 3.87. The smallest absolute Gasteiger partial charge is 0.310 e. The molecule has 0 spiro atoms. The van der Waals surface area contributed by atoms with Crippen LogP contribution in [0.1, 0.15) is 52.6 Å². The maximum atomic E-state index is 13.0. The molecule has 0 N–H and O–H groups in total. The molecular formula is C26H34ClNO6. The van der Waals surface area contributed by atoms with E-state index in [0.29, 0.717) is 53.2 Å². The van der Waals surface area contributed by atoms with Crippen molar-refractivity contribution in [2.24, 2.45) is 5.92 Å². The van der Waals surface area contributed by atoms with Crippen LogP contribution in [0.3, 0.4) is 0 Å². The fourth-order valence-corrected chi connectivity index (χ4v) is 4.09. The molecule has 0 unspecified atom stereocenters. The second-order valence-electron chi connectivity index (χ2n) is 9.81. The minimum atomic E-state index is -0.619. The van der Waals surface area contributed by atoms with E-state index in [1.165, 1.54) is 0 Å². The zero-order valence-electron chi connectivity index (χ0n) is 20.8. The molecule has 1 aliphatic heterocycles. The Morgan fingerprint density at radius 2 is 1.97 bits per heavy atom. The van der Waals surface area contributed by atoms with Gasteiger partial charge in [0.25, 0.3) is 0 Å². The lowest BCUT2D eigenvalue weighted by atomic mass is 10.0. The predicted molar refractivity (Wildman–Crippen MR) is 132 cm³/mol. The zero-order valence-corrected chi connectivity index (χ0v) is 21.5. The summed E-state index contributed by atoms with van der Waals surface area (Å²) in [6.45, 7) is 11.1. The van der Waals surface area contributed by atoms with Gasteiger partial charge >= 0.3 is 5.97 Å². The largest absolute Gasteiger partial charge is 0.492 e. The maximum Gasteiger partial charge on any atom is 0.310 e. The molecule has 0 aliphatic carbocycles. The van der Waals surface area contributed by atoms with Gasteiger partial charge in [-0.25, -0.2) is 0 Å². The molecule has 2 heterocycles. The van der Waals surface area contributed by atoms with Gasteiger partial charge in [0.1, 0.15) is 23.7 Å². The fraction of sp³-hybridized carbons (Fsp3) is 0.538. The number of esters is 1. The summed E-state index contributed by atoms with van der Waals surface area (Å²) in [4.78, 5) is 25.4. The van der Waals surface area contributed by atoms with Gasteiger partial charge in [-0.15, -0.1) is 0 Å². The first-order valence-corrected chi connectivity index (χ1v) is 11.9. The summed E-state index contributed by atoms with van der Waals surface area (Å²) in [5.74, 6) is 0.900. The van der Waals surface area contributed by atoms with E-state index in [9.17, 15) is 9.59 Å².